The van der Waals surface area contributed by atoms with Gasteiger partial charge in [0.25, 0.3) is 5.69 Å². The first kappa shape index (κ1) is 25.4. The van der Waals surface area contributed by atoms with E-state index in [0.717, 1.165) is 16.9 Å². The predicted octanol–water partition coefficient (Wildman–Crippen LogP) is 4.50. The number of hydrogen-bond donors (Lipinski definition) is 1. The summed E-state index contributed by atoms with van der Waals surface area (Å²) in [5.41, 5.74) is 3.15. The minimum absolute atomic E-state index is 0.0261. The number of rotatable bonds is 7. The van der Waals surface area contributed by atoms with Crippen LogP contribution in [0.5, 0.6) is 0 Å². The number of nitro groups is 1. The van der Waals surface area contributed by atoms with Crippen molar-refractivity contribution in [3.63, 3.8) is 0 Å². The van der Waals surface area contributed by atoms with Crippen LogP contribution in [0.1, 0.15) is 37.6 Å². The van der Waals surface area contributed by atoms with Gasteiger partial charge >= 0.3 is 0 Å². The van der Waals surface area contributed by atoms with Crippen LogP contribution in [0.2, 0.25) is 0 Å². The molecule has 0 bridgehead atoms. The molecular formula is C26H29N5O4. The Morgan fingerprint density at radius 2 is 1.74 bits per heavy atom. The number of benzene rings is 2. The Hall–Kier alpha value is -4.27. The number of nitrogens with one attached hydrogen (secondary N) is 1. The van der Waals surface area contributed by atoms with E-state index in [2.05, 4.69) is 5.32 Å². The van der Waals surface area contributed by atoms with Gasteiger partial charge in [-0.15, -0.1) is 0 Å². The van der Waals surface area contributed by atoms with Crippen LogP contribution in [0, 0.1) is 17.0 Å². The van der Waals surface area contributed by atoms with Crippen LogP contribution >= 0.6 is 0 Å². The molecule has 0 spiro atoms. The highest BCUT2D eigenvalue weighted by Crippen LogP contribution is 2.26. The summed E-state index contributed by atoms with van der Waals surface area (Å²) in [5, 5.41) is 18.3. The zero-order chi connectivity index (χ0) is 25.8. The summed E-state index contributed by atoms with van der Waals surface area (Å²) in [5.74, 6) is -0.217. The van der Waals surface area contributed by atoms with Gasteiger partial charge in [-0.25, -0.2) is 4.68 Å². The van der Waals surface area contributed by atoms with Crippen molar-refractivity contribution in [2.24, 2.45) is 0 Å². The van der Waals surface area contributed by atoms with E-state index in [1.54, 1.807) is 22.9 Å². The van der Waals surface area contributed by atoms with Crippen LogP contribution in [0.4, 0.5) is 11.5 Å². The molecule has 9 nitrogen and oxygen atoms in total. The lowest BCUT2D eigenvalue weighted by atomic mass is 9.92. The maximum absolute atomic E-state index is 12.8. The molecule has 182 valence electrons. The number of aryl methyl sites for hydroxylation is 1. The van der Waals surface area contributed by atoms with E-state index in [0.29, 0.717) is 11.4 Å². The fourth-order valence-electron chi connectivity index (χ4n) is 3.20. The Bertz CT molecular complexity index is 1250. The second-order valence-corrected chi connectivity index (χ2v) is 9.34. The summed E-state index contributed by atoms with van der Waals surface area (Å²) in [6.45, 7) is 7.98. The topological polar surface area (TPSA) is 110 Å². The number of amides is 2. The number of likely N-dealkylation sites (N-methyl/N-ethyl adjacent to an activating group) is 1. The van der Waals surface area contributed by atoms with Gasteiger partial charge in [0.05, 0.1) is 22.8 Å². The minimum Gasteiger partial charge on any atom is -0.333 e. The maximum atomic E-state index is 12.8. The van der Waals surface area contributed by atoms with Gasteiger partial charge in [-0.3, -0.25) is 19.7 Å². The molecule has 0 radical (unpaired) electrons. The zero-order valence-corrected chi connectivity index (χ0v) is 20.5. The van der Waals surface area contributed by atoms with Crippen molar-refractivity contribution >= 4 is 29.4 Å². The van der Waals surface area contributed by atoms with Gasteiger partial charge in [-0.05, 0) is 42.8 Å². The minimum atomic E-state index is -0.486. The Kier molecular flexibility index (Phi) is 7.49. The average molecular weight is 476 g/mol. The third kappa shape index (κ3) is 6.63. The number of nitrogens with zero attached hydrogens (tertiary/aromatic N) is 4. The number of nitro benzene ring substituents is 1. The quantitative estimate of drug-likeness (QED) is 0.307. The fraction of sp³-hybridized carbons (Fsp3) is 0.269. The van der Waals surface area contributed by atoms with Gasteiger partial charge in [0.2, 0.25) is 11.8 Å². The lowest BCUT2D eigenvalue weighted by molar-refractivity contribution is -0.384. The molecule has 2 aromatic carbocycles. The third-order valence-electron chi connectivity index (χ3n) is 5.30. The number of hydrogen-bond acceptors (Lipinski definition) is 5. The van der Waals surface area contributed by atoms with E-state index in [9.17, 15) is 19.7 Å². The summed E-state index contributed by atoms with van der Waals surface area (Å²) in [6, 6.07) is 15.5. The van der Waals surface area contributed by atoms with Crippen molar-refractivity contribution in [3.8, 4) is 5.69 Å². The molecule has 3 rings (SSSR count). The van der Waals surface area contributed by atoms with Gasteiger partial charge in [-0.2, -0.15) is 5.10 Å². The Morgan fingerprint density at radius 1 is 1.11 bits per heavy atom. The fourth-order valence-corrected chi connectivity index (χ4v) is 3.20. The van der Waals surface area contributed by atoms with Crippen LogP contribution in [0.25, 0.3) is 11.8 Å². The molecule has 2 amide bonds. The molecule has 35 heavy (non-hydrogen) atoms. The van der Waals surface area contributed by atoms with E-state index in [1.165, 1.54) is 30.2 Å². The molecule has 9 heteroatoms. The molecule has 3 aromatic rings. The summed E-state index contributed by atoms with van der Waals surface area (Å²) < 4.78 is 1.69. The summed E-state index contributed by atoms with van der Waals surface area (Å²) in [7, 11) is 1.53. The maximum Gasteiger partial charge on any atom is 0.269 e. The summed E-state index contributed by atoms with van der Waals surface area (Å²) >= 11 is 0. The molecule has 0 saturated heterocycles. The largest absolute Gasteiger partial charge is 0.333 e. The second-order valence-electron chi connectivity index (χ2n) is 9.34. The average Bonchev–Trinajstić information content (AvgIpc) is 3.22. The van der Waals surface area contributed by atoms with Crippen molar-refractivity contribution in [2.45, 2.75) is 33.1 Å². The summed E-state index contributed by atoms with van der Waals surface area (Å²) in [6.07, 6.45) is 2.87. The van der Waals surface area contributed by atoms with Crippen molar-refractivity contribution < 1.29 is 14.5 Å². The lowest BCUT2D eigenvalue weighted by Gasteiger charge is -2.15. The molecule has 0 saturated carbocycles. The molecule has 0 unspecified atom stereocenters. The molecule has 1 aromatic heterocycles. The van der Waals surface area contributed by atoms with Crippen LogP contribution in [0.3, 0.4) is 0 Å². The first-order valence-corrected chi connectivity index (χ1v) is 11.1. The molecule has 0 aliphatic carbocycles. The highest BCUT2D eigenvalue weighted by molar-refractivity contribution is 5.97. The molecule has 0 atom stereocenters. The number of carbonyl (C=O) groups is 2. The Labute approximate surface area is 204 Å². The highest BCUT2D eigenvalue weighted by atomic mass is 16.6. The molecular weight excluding hydrogens is 446 g/mol. The first-order valence-electron chi connectivity index (χ1n) is 11.1. The molecule has 0 aliphatic rings. The van der Waals surface area contributed by atoms with Crippen LogP contribution < -0.4 is 5.32 Å². The van der Waals surface area contributed by atoms with E-state index in [-0.39, 0.29) is 29.5 Å². The molecule has 1 N–H and O–H groups in total. The van der Waals surface area contributed by atoms with E-state index >= 15 is 0 Å². The van der Waals surface area contributed by atoms with Gasteiger partial charge in [0.15, 0.2) is 0 Å². The van der Waals surface area contributed by atoms with Crippen LogP contribution in [-0.4, -0.2) is 45.0 Å². The first-order chi connectivity index (χ1) is 16.4. The van der Waals surface area contributed by atoms with Crippen molar-refractivity contribution in [1.29, 1.82) is 0 Å². The van der Waals surface area contributed by atoms with Gasteiger partial charge < -0.3 is 10.2 Å². The standard InChI is InChI=1S/C26H29N5O4/c1-18-6-11-20(12-7-18)30-23(16-22(28-30)26(2,3)4)27-24(32)17-29(5)25(33)15-10-19-8-13-21(14-9-19)31(34)35/h6-16H,17H2,1-5H3,(H,27,32)/b15-10+. The van der Waals surface area contributed by atoms with Crippen molar-refractivity contribution in [3.05, 3.63) is 87.6 Å². The molecule has 1 heterocycles. The van der Waals surface area contributed by atoms with E-state index < -0.39 is 4.92 Å². The number of carbonyl (C=O) groups excluding carboxylic acids is 2. The van der Waals surface area contributed by atoms with E-state index in [1.807, 2.05) is 58.0 Å². The summed E-state index contributed by atoms with van der Waals surface area (Å²) in [4.78, 5) is 36.8. The number of anilines is 1. The van der Waals surface area contributed by atoms with Gasteiger partial charge in [-0.1, -0.05) is 38.5 Å². The monoisotopic (exact) mass is 475 g/mol. The van der Waals surface area contributed by atoms with E-state index in [4.69, 9.17) is 5.10 Å². The SMILES string of the molecule is Cc1ccc(-n2nc(C(C)(C)C)cc2NC(=O)CN(C)C(=O)/C=C/c2ccc([N+](=O)[O-])cc2)cc1. The third-order valence-corrected chi connectivity index (χ3v) is 5.30. The number of aromatic nitrogens is 2. The lowest BCUT2D eigenvalue weighted by Crippen LogP contribution is -2.34. The van der Waals surface area contributed by atoms with Gasteiger partial charge in [0, 0.05) is 36.7 Å². The highest BCUT2D eigenvalue weighted by Gasteiger charge is 2.22. The van der Waals surface area contributed by atoms with Crippen LogP contribution in [-0.2, 0) is 15.0 Å². The predicted molar refractivity (Wildman–Crippen MR) is 135 cm³/mol. The van der Waals surface area contributed by atoms with Crippen molar-refractivity contribution in [2.75, 3.05) is 18.9 Å². The van der Waals surface area contributed by atoms with Gasteiger partial charge in [0.1, 0.15) is 5.82 Å². The normalized spacial score (nSPS) is 11.5. The zero-order valence-electron chi connectivity index (χ0n) is 20.5. The van der Waals surface area contributed by atoms with Crippen LogP contribution in [0.15, 0.2) is 60.7 Å². The number of non-ortho nitro benzene ring substituents is 1. The Morgan fingerprint density at radius 3 is 2.31 bits per heavy atom. The second kappa shape index (κ2) is 10.3. The Balaban J connectivity index is 1.70. The van der Waals surface area contributed by atoms with Crippen molar-refractivity contribution in [1.82, 2.24) is 14.7 Å². The smallest absolute Gasteiger partial charge is 0.269 e. The molecule has 0 aliphatic heterocycles. The molecule has 0 fully saturated rings.